The fraction of sp³-hybridized carbons (Fsp3) is 0. The van der Waals surface area contributed by atoms with Gasteiger partial charge in [0.2, 0.25) is 0 Å². The van der Waals surface area contributed by atoms with E-state index < -0.39 is 0 Å². The van der Waals surface area contributed by atoms with Gasteiger partial charge in [-0.05, 0) is 47.5 Å². The molecule has 5 nitrogen and oxygen atoms in total. The van der Waals surface area contributed by atoms with Gasteiger partial charge in [-0.2, -0.15) is 0 Å². The van der Waals surface area contributed by atoms with Crippen molar-refractivity contribution in [2.75, 3.05) is 0 Å². The molecule has 0 aliphatic heterocycles. The van der Waals surface area contributed by atoms with Crippen LogP contribution in [0.3, 0.4) is 0 Å². The number of rotatable bonds is 5. The van der Waals surface area contributed by atoms with Crippen LogP contribution in [-0.2, 0) is 0 Å². The SMILES string of the molecule is c1ccc(-c2nc(-c3cccc(-c4ccc5c(c4)nc(-c4ccccc4)c4ccc6sc7ccccc7c6c45)c3)nc(-c3cccc4oc5ccccc5c34)n2)cc1. The van der Waals surface area contributed by atoms with Crippen LogP contribution in [0, 0.1) is 0 Å². The van der Waals surface area contributed by atoms with Gasteiger partial charge in [-0.3, -0.25) is 0 Å². The van der Waals surface area contributed by atoms with Crippen molar-refractivity contribution < 1.29 is 4.42 Å². The Morgan fingerprint density at radius 1 is 0.345 bits per heavy atom. The molecule has 4 aromatic heterocycles. The molecule has 12 aromatic rings. The summed E-state index contributed by atoms with van der Waals surface area (Å²) >= 11 is 1.85. The molecule has 8 aromatic carbocycles. The molecule has 4 heterocycles. The van der Waals surface area contributed by atoms with E-state index in [0.717, 1.165) is 77.3 Å². The van der Waals surface area contributed by atoms with Crippen LogP contribution in [0.5, 0.6) is 0 Å². The van der Waals surface area contributed by atoms with Crippen molar-refractivity contribution in [3.05, 3.63) is 182 Å². The number of aromatic nitrogens is 4. The molecule has 0 saturated carbocycles. The standard InChI is InChI=1S/C52H30N4OS/c1-3-13-31(14-4-1)49-39-27-28-45-48(38-20-8-10-24-44(38)58-45)47(39)36-26-25-34(30-41(36)53-49)33-17-11-18-35(29-33)51-54-50(32-15-5-2-6-16-32)55-52(56-51)40-21-12-23-43-46(40)37-19-7-9-22-42(37)57-43/h1-30H. The van der Waals surface area contributed by atoms with Gasteiger partial charge in [0.05, 0.1) is 11.2 Å². The largest absolute Gasteiger partial charge is 0.456 e. The third-order valence-electron chi connectivity index (χ3n) is 11.1. The molecule has 0 fully saturated rings. The van der Waals surface area contributed by atoms with Crippen LogP contribution in [-0.4, -0.2) is 19.9 Å². The summed E-state index contributed by atoms with van der Waals surface area (Å²) in [6, 6.07) is 63.2. The number of furan rings is 1. The van der Waals surface area contributed by atoms with Crippen LogP contribution in [0.25, 0.3) is 120 Å². The molecule has 0 bridgehead atoms. The number of pyridine rings is 1. The summed E-state index contributed by atoms with van der Waals surface area (Å²) < 4.78 is 8.82. The first-order valence-corrected chi connectivity index (χ1v) is 20.1. The zero-order valence-corrected chi connectivity index (χ0v) is 31.7. The maximum absolute atomic E-state index is 6.26. The van der Waals surface area contributed by atoms with E-state index >= 15 is 0 Å². The van der Waals surface area contributed by atoms with Gasteiger partial charge in [-0.1, -0.05) is 146 Å². The Bertz CT molecular complexity index is 3570. The van der Waals surface area contributed by atoms with Crippen molar-refractivity contribution >= 4 is 75.1 Å². The van der Waals surface area contributed by atoms with E-state index in [2.05, 4.69) is 121 Å². The Morgan fingerprint density at radius 3 is 1.84 bits per heavy atom. The molecule has 0 radical (unpaired) electrons. The van der Waals surface area contributed by atoms with E-state index in [1.54, 1.807) is 0 Å². The Kier molecular flexibility index (Phi) is 7.33. The number of hydrogen-bond acceptors (Lipinski definition) is 6. The zero-order valence-electron chi connectivity index (χ0n) is 30.9. The highest BCUT2D eigenvalue weighted by Gasteiger charge is 2.20. The monoisotopic (exact) mass is 758 g/mol. The van der Waals surface area contributed by atoms with Crippen LogP contribution in [0.15, 0.2) is 186 Å². The second-order valence-corrected chi connectivity index (χ2v) is 15.6. The van der Waals surface area contributed by atoms with Crippen molar-refractivity contribution in [3.8, 4) is 56.5 Å². The second kappa shape index (κ2) is 13.0. The summed E-state index contributed by atoms with van der Waals surface area (Å²) in [6.07, 6.45) is 0. The molecule has 0 spiro atoms. The lowest BCUT2D eigenvalue weighted by molar-refractivity contribution is 0.669. The topological polar surface area (TPSA) is 64.7 Å². The van der Waals surface area contributed by atoms with Gasteiger partial charge in [-0.15, -0.1) is 11.3 Å². The fourth-order valence-corrected chi connectivity index (χ4v) is 9.56. The first-order valence-electron chi connectivity index (χ1n) is 19.3. The lowest BCUT2D eigenvalue weighted by Crippen LogP contribution is -2.00. The second-order valence-electron chi connectivity index (χ2n) is 14.5. The summed E-state index contributed by atoms with van der Waals surface area (Å²) in [4.78, 5) is 20.7. The predicted octanol–water partition coefficient (Wildman–Crippen LogP) is 14.2. The van der Waals surface area contributed by atoms with E-state index in [1.165, 1.54) is 25.6 Å². The van der Waals surface area contributed by atoms with E-state index in [-0.39, 0.29) is 0 Å². The smallest absolute Gasteiger partial charge is 0.164 e. The molecule has 6 heteroatoms. The van der Waals surface area contributed by atoms with Gasteiger partial charge >= 0.3 is 0 Å². The molecule has 0 N–H and O–H groups in total. The van der Waals surface area contributed by atoms with Crippen LogP contribution in [0.4, 0.5) is 0 Å². The zero-order chi connectivity index (χ0) is 38.2. The Balaban J connectivity index is 1.05. The van der Waals surface area contributed by atoms with Gasteiger partial charge in [0.15, 0.2) is 17.5 Å². The molecule has 0 aliphatic rings. The molecule has 270 valence electrons. The average Bonchev–Trinajstić information content (AvgIpc) is 3.88. The van der Waals surface area contributed by atoms with Gasteiger partial charge < -0.3 is 4.42 Å². The highest BCUT2D eigenvalue weighted by Crippen LogP contribution is 2.44. The van der Waals surface area contributed by atoms with Gasteiger partial charge in [0.25, 0.3) is 0 Å². The molecule has 0 saturated heterocycles. The molecule has 0 amide bonds. The third kappa shape index (κ3) is 5.23. The Morgan fingerprint density at radius 2 is 0.983 bits per heavy atom. The number of thiophene rings is 1. The van der Waals surface area contributed by atoms with Crippen molar-refractivity contribution in [1.29, 1.82) is 0 Å². The number of benzene rings is 8. The predicted molar refractivity (Wildman–Crippen MR) is 240 cm³/mol. The van der Waals surface area contributed by atoms with Crippen LogP contribution < -0.4 is 0 Å². The molecular formula is C52H30N4OS. The Labute approximate surface area is 336 Å². The van der Waals surface area contributed by atoms with Crippen molar-refractivity contribution in [3.63, 3.8) is 0 Å². The first kappa shape index (κ1) is 32.7. The normalized spacial score (nSPS) is 11.8. The minimum Gasteiger partial charge on any atom is -0.456 e. The van der Waals surface area contributed by atoms with Gasteiger partial charge in [0.1, 0.15) is 11.2 Å². The van der Waals surface area contributed by atoms with E-state index in [1.807, 2.05) is 72.0 Å². The number of nitrogens with zero attached hydrogens (tertiary/aromatic N) is 4. The number of hydrogen-bond donors (Lipinski definition) is 0. The van der Waals surface area contributed by atoms with Crippen molar-refractivity contribution in [2.45, 2.75) is 0 Å². The summed E-state index contributed by atoms with van der Waals surface area (Å²) in [5, 5.41) is 8.12. The Hall–Kier alpha value is -7.54. The molecule has 12 rings (SSSR count). The van der Waals surface area contributed by atoms with Crippen molar-refractivity contribution in [1.82, 2.24) is 19.9 Å². The first-order chi connectivity index (χ1) is 28.7. The highest BCUT2D eigenvalue weighted by molar-refractivity contribution is 7.26. The summed E-state index contributed by atoms with van der Waals surface area (Å²) in [7, 11) is 0. The summed E-state index contributed by atoms with van der Waals surface area (Å²) in [6.45, 7) is 0. The number of para-hydroxylation sites is 1. The molecule has 0 atom stereocenters. The summed E-state index contributed by atoms with van der Waals surface area (Å²) in [5.41, 5.74) is 9.48. The fourth-order valence-electron chi connectivity index (χ4n) is 8.45. The maximum atomic E-state index is 6.26. The van der Waals surface area contributed by atoms with Gasteiger partial charge in [0, 0.05) is 69.4 Å². The van der Waals surface area contributed by atoms with Crippen LogP contribution in [0.2, 0.25) is 0 Å². The van der Waals surface area contributed by atoms with E-state index in [0.29, 0.717) is 17.5 Å². The minimum absolute atomic E-state index is 0.592. The lowest BCUT2D eigenvalue weighted by Gasteiger charge is -2.13. The molecular weight excluding hydrogens is 729 g/mol. The van der Waals surface area contributed by atoms with E-state index in [4.69, 9.17) is 24.4 Å². The van der Waals surface area contributed by atoms with Crippen LogP contribution >= 0.6 is 11.3 Å². The quantitative estimate of drug-likeness (QED) is 0.164. The lowest BCUT2D eigenvalue weighted by atomic mass is 9.94. The molecule has 58 heavy (non-hydrogen) atoms. The number of fused-ring (bicyclic) bond motifs is 10. The average molecular weight is 759 g/mol. The van der Waals surface area contributed by atoms with Gasteiger partial charge in [-0.25, -0.2) is 19.9 Å². The third-order valence-corrected chi connectivity index (χ3v) is 12.2. The molecule has 0 aliphatic carbocycles. The van der Waals surface area contributed by atoms with E-state index in [9.17, 15) is 0 Å². The maximum Gasteiger partial charge on any atom is 0.164 e. The molecule has 0 unspecified atom stereocenters. The summed E-state index contributed by atoms with van der Waals surface area (Å²) in [5.74, 6) is 1.80. The van der Waals surface area contributed by atoms with Crippen molar-refractivity contribution in [2.24, 2.45) is 0 Å². The van der Waals surface area contributed by atoms with Crippen LogP contribution in [0.1, 0.15) is 0 Å². The minimum atomic E-state index is 0.592. The highest BCUT2D eigenvalue weighted by atomic mass is 32.1.